The molecule has 1 aliphatic heterocycles. The predicted molar refractivity (Wildman–Crippen MR) is 75.3 cm³/mol. The van der Waals surface area contributed by atoms with E-state index in [-0.39, 0.29) is 0 Å². The van der Waals surface area contributed by atoms with Crippen molar-refractivity contribution >= 4 is 5.69 Å². The molecule has 1 atom stereocenters. The Labute approximate surface area is 114 Å². The van der Waals surface area contributed by atoms with Gasteiger partial charge in [0.05, 0.1) is 32.6 Å². The quantitative estimate of drug-likeness (QED) is 0.817. The van der Waals surface area contributed by atoms with E-state index in [9.17, 15) is 0 Å². The van der Waals surface area contributed by atoms with Gasteiger partial charge in [0, 0.05) is 25.7 Å². The van der Waals surface area contributed by atoms with Crippen LogP contribution in [0.15, 0.2) is 18.2 Å². The third kappa shape index (κ3) is 4.01. The summed E-state index contributed by atoms with van der Waals surface area (Å²) in [6, 6.07) is 5.77. The Morgan fingerprint density at radius 1 is 1.37 bits per heavy atom. The summed E-state index contributed by atoms with van der Waals surface area (Å²) >= 11 is 0. The zero-order valence-electron chi connectivity index (χ0n) is 11.6. The minimum atomic E-state index is 0.297. The van der Waals surface area contributed by atoms with E-state index in [2.05, 4.69) is 10.6 Å². The van der Waals surface area contributed by atoms with Gasteiger partial charge in [0.25, 0.3) is 0 Å². The first-order valence-electron chi connectivity index (χ1n) is 6.61. The number of hydrogen-bond donors (Lipinski definition) is 2. The van der Waals surface area contributed by atoms with Gasteiger partial charge in [-0.15, -0.1) is 0 Å². The highest BCUT2D eigenvalue weighted by molar-refractivity contribution is 5.59. The Hall–Kier alpha value is -1.46. The first kappa shape index (κ1) is 14.0. The number of ether oxygens (including phenoxy) is 3. The maximum absolute atomic E-state index is 5.66. The molecule has 106 valence electrons. The third-order valence-electron chi connectivity index (χ3n) is 3.19. The van der Waals surface area contributed by atoms with E-state index in [4.69, 9.17) is 14.2 Å². The molecule has 1 aromatic rings. The average molecular weight is 266 g/mol. The third-order valence-corrected chi connectivity index (χ3v) is 3.19. The summed E-state index contributed by atoms with van der Waals surface area (Å²) in [5, 5.41) is 6.70. The molecule has 0 aromatic heterocycles. The second-order valence-corrected chi connectivity index (χ2v) is 4.48. The second kappa shape index (κ2) is 7.21. The molecule has 2 N–H and O–H groups in total. The van der Waals surface area contributed by atoms with Gasteiger partial charge in [0.15, 0.2) is 0 Å². The zero-order chi connectivity index (χ0) is 13.5. The molecule has 1 aliphatic rings. The lowest BCUT2D eigenvalue weighted by Crippen LogP contribution is -2.39. The lowest BCUT2D eigenvalue weighted by Gasteiger charge is -2.24. The van der Waals surface area contributed by atoms with Crippen molar-refractivity contribution < 1.29 is 14.2 Å². The highest BCUT2D eigenvalue weighted by Crippen LogP contribution is 2.28. The average Bonchev–Trinajstić information content (AvgIpc) is 2.48. The summed E-state index contributed by atoms with van der Waals surface area (Å²) in [6.45, 7) is 3.54. The largest absolute Gasteiger partial charge is 0.497 e. The van der Waals surface area contributed by atoms with Gasteiger partial charge in [0.2, 0.25) is 0 Å². The molecule has 1 aromatic carbocycles. The maximum atomic E-state index is 5.66. The molecule has 5 nitrogen and oxygen atoms in total. The lowest BCUT2D eigenvalue weighted by molar-refractivity contribution is 0.0258. The molecule has 1 heterocycles. The number of benzene rings is 1. The van der Waals surface area contributed by atoms with Crippen molar-refractivity contribution in [2.45, 2.75) is 12.5 Å². The molecule has 0 radical (unpaired) electrons. The molecule has 5 heteroatoms. The Morgan fingerprint density at radius 3 is 2.95 bits per heavy atom. The minimum absolute atomic E-state index is 0.297. The highest BCUT2D eigenvalue weighted by Gasteiger charge is 2.13. The van der Waals surface area contributed by atoms with Crippen LogP contribution >= 0.6 is 0 Å². The first-order chi connectivity index (χ1) is 9.33. The molecule has 0 spiro atoms. The molecule has 0 amide bonds. The van der Waals surface area contributed by atoms with Crippen molar-refractivity contribution in [2.24, 2.45) is 0 Å². The lowest BCUT2D eigenvalue weighted by atomic mass is 10.2. The van der Waals surface area contributed by atoms with E-state index in [1.54, 1.807) is 14.2 Å². The van der Waals surface area contributed by atoms with Crippen LogP contribution in [0.4, 0.5) is 5.69 Å². The Kier molecular flexibility index (Phi) is 5.30. The van der Waals surface area contributed by atoms with Crippen LogP contribution in [-0.2, 0) is 4.74 Å². The van der Waals surface area contributed by atoms with Crippen molar-refractivity contribution in [2.75, 3.05) is 45.8 Å². The van der Waals surface area contributed by atoms with E-state index in [1.165, 1.54) is 0 Å². The fourth-order valence-corrected chi connectivity index (χ4v) is 2.12. The number of nitrogens with one attached hydrogen (secondary N) is 2. The van der Waals surface area contributed by atoms with Crippen LogP contribution in [-0.4, -0.2) is 46.6 Å². The molecule has 1 saturated heterocycles. The zero-order valence-corrected chi connectivity index (χ0v) is 11.6. The van der Waals surface area contributed by atoms with Crippen LogP contribution in [0.3, 0.4) is 0 Å². The van der Waals surface area contributed by atoms with Gasteiger partial charge in [0.1, 0.15) is 11.5 Å². The summed E-state index contributed by atoms with van der Waals surface area (Å²) in [7, 11) is 3.31. The molecule has 19 heavy (non-hydrogen) atoms. The number of hydrogen-bond acceptors (Lipinski definition) is 5. The number of rotatable bonds is 6. The molecule has 1 fully saturated rings. The number of morpholine rings is 1. The number of anilines is 1. The molecule has 0 aliphatic carbocycles. The van der Waals surface area contributed by atoms with Gasteiger partial charge in [-0.2, -0.15) is 0 Å². The maximum Gasteiger partial charge on any atom is 0.145 e. The SMILES string of the molecule is COc1ccc(NCCC2CNCCO2)c(OC)c1. The fourth-order valence-electron chi connectivity index (χ4n) is 2.12. The van der Waals surface area contributed by atoms with Crippen LogP contribution in [0.2, 0.25) is 0 Å². The molecular formula is C14H22N2O3. The van der Waals surface area contributed by atoms with Crippen LogP contribution in [0.1, 0.15) is 6.42 Å². The van der Waals surface area contributed by atoms with Crippen molar-refractivity contribution in [1.82, 2.24) is 5.32 Å². The van der Waals surface area contributed by atoms with Gasteiger partial charge < -0.3 is 24.8 Å². The van der Waals surface area contributed by atoms with E-state index in [1.807, 2.05) is 18.2 Å². The van der Waals surface area contributed by atoms with Gasteiger partial charge >= 0.3 is 0 Å². The van der Waals surface area contributed by atoms with Gasteiger partial charge in [-0.25, -0.2) is 0 Å². The van der Waals surface area contributed by atoms with Gasteiger partial charge in [-0.1, -0.05) is 0 Å². The molecule has 1 unspecified atom stereocenters. The predicted octanol–water partition coefficient (Wildman–Crippen LogP) is 1.49. The molecule has 2 rings (SSSR count). The fraction of sp³-hybridized carbons (Fsp3) is 0.571. The summed E-state index contributed by atoms with van der Waals surface area (Å²) in [6.07, 6.45) is 1.27. The summed E-state index contributed by atoms with van der Waals surface area (Å²) in [5.74, 6) is 1.59. The van der Waals surface area contributed by atoms with Crippen molar-refractivity contribution in [3.8, 4) is 11.5 Å². The van der Waals surface area contributed by atoms with E-state index >= 15 is 0 Å². The number of methoxy groups -OCH3 is 2. The second-order valence-electron chi connectivity index (χ2n) is 4.48. The van der Waals surface area contributed by atoms with Crippen molar-refractivity contribution in [3.05, 3.63) is 18.2 Å². The smallest absolute Gasteiger partial charge is 0.145 e. The Morgan fingerprint density at radius 2 is 2.26 bits per heavy atom. The molecule has 0 bridgehead atoms. The van der Waals surface area contributed by atoms with E-state index in [0.29, 0.717) is 6.10 Å². The van der Waals surface area contributed by atoms with Crippen molar-refractivity contribution in [3.63, 3.8) is 0 Å². The van der Waals surface area contributed by atoms with Crippen molar-refractivity contribution in [1.29, 1.82) is 0 Å². The summed E-state index contributed by atoms with van der Waals surface area (Å²) in [4.78, 5) is 0. The molecular weight excluding hydrogens is 244 g/mol. The van der Waals surface area contributed by atoms with Crippen LogP contribution in [0.25, 0.3) is 0 Å². The molecule has 0 saturated carbocycles. The standard InChI is InChI=1S/C14H22N2O3/c1-17-11-3-4-13(14(9-11)18-2)16-6-5-12-10-15-7-8-19-12/h3-4,9,12,15-16H,5-8,10H2,1-2H3. The van der Waals surface area contributed by atoms with E-state index < -0.39 is 0 Å². The van der Waals surface area contributed by atoms with Crippen LogP contribution in [0.5, 0.6) is 11.5 Å². The Bertz CT molecular complexity index is 392. The van der Waals surface area contributed by atoms with Crippen LogP contribution < -0.4 is 20.1 Å². The summed E-state index contributed by atoms with van der Waals surface area (Å²) < 4.78 is 16.2. The highest BCUT2D eigenvalue weighted by atomic mass is 16.5. The topological polar surface area (TPSA) is 51.8 Å². The summed E-state index contributed by atoms with van der Waals surface area (Å²) in [5.41, 5.74) is 0.979. The van der Waals surface area contributed by atoms with E-state index in [0.717, 1.165) is 49.8 Å². The normalized spacial score (nSPS) is 18.9. The minimum Gasteiger partial charge on any atom is -0.497 e. The monoisotopic (exact) mass is 266 g/mol. The first-order valence-corrected chi connectivity index (χ1v) is 6.61. The van der Waals surface area contributed by atoms with Crippen LogP contribution in [0, 0.1) is 0 Å². The Balaban J connectivity index is 1.84. The van der Waals surface area contributed by atoms with Gasteiger partial charge in [-0.3, -0.25) is 0 Å². The van der Waals surface area contributed by atoms with Gasteiger partial charge in [-0.05, 0) is 18.6 Å².